The van der Waals surface area contributed by atoms with Crippen molar-refractivity contribution in [2.24, 2.45) is 0 Å². The van der Waals surface area contributed by atoms with Gasteiger partial charge in [0.1, 0.15) is 17.6 Å². The van der Waals surface area contributed by atoms with Gasteiger partial charge in [0.25, 0.3) is 0 Å². The van der Waals surface area contributed by atoms with Gasteiger partial charge in [0.15, 0.2) is 27.2 Å². The van der Waals surface area contributed by atoms with E-state index in [1.807, 2.05) is 0 Å². The summed E-state index contributed by atoms with van der Waals surface area (Å²) in [7, 11) is -3.01. The van der Waals surface area contributed by atoms with E-state index in [4.69, 9.17) is 14.7 Å². The number of amides is 1. The summed E-state index contributed by atoms with van der Waals surface area (Å²) < 4.78 is 58.2. The molecule has 0 spiro atoms. The fourth-order valence-corrected chi connectivity index (χ4v) is 6.67. The topological polar surface area (TPSA) is 111 Å². The number of benzene rings is 1. The lowest BCUT2D eigenvalue weighted by molar-refractivity contribution is -0.129. The number of anilines is 1. The van der Waals surface area contributed by atoms with Gasteiger partial charge < -0.3 is 14.5 Å². The van der Waals surface area contributed by atoms with Crippen LogP contribution in [-0.2, 0) is 27.6 Å². The molecule has 6 rings (SSSR count). The number of aromatic nitrogens is 4. The quantitative estimate of drug-likeness (QED) is 0.470. The Morgan fingerprint density at radius 2 is 1.85 bits per heavy atom. The van der Waals surface area contributed by atoms with Crippen LogP contribution in [0.5, 0.6) is 5.75 Å². The highest BCUT2D eigenvalue weighted by molar-refractivity contribution is 7.92. The fraction of sp³-hybridized carbons (Fsp3) is 0.462. The van der Waals surface area contributed by atoms with Crippen molar-refractivity contribution in [2.75, 3.05) is 36.0 Å². The first-order valence-corrected chi connectivity index (χ1v) is 14.7. The van der Waals surface area contributed by atoms with Crippen molar-refractivity contribution >= 4 is 21.6 Å². The molecule has 0 N–H and O–H groups in total. The van der Waals surface area contributed by atoms with Crippen LogP contribution in [0.15, 0.2) is 30.6 Å². The average molecular weight is 559 g/mol. The van der Waals surface area contributed by atoms with Crippen LogP contribution in [0.1, 0.15) is 37.2 Å². The van der Waals surface area contributed by atoms with Crippen LogP contribution in [0.25, 0.3) is 11.3 Å². The summed E-state index contributed by atoms with van der Waals surface area (Å²) in [5, 5.41) is 4.41. The van der Waals surface area contributed by atoms with E-state index >= 15 is 0 Å². The van der Waals surface area contributed by atoms with Crippen LogP contribution in [0.3, 0.4) is 0 Å². The first kappa shape index (κ1) is 25.7. The molecule has 2 fully saturated rings. The molecule has 0 saturated carbocycles. The van der Waals surface area contributed by atoms with Gasteiger partial charge in [0.05, 0.1) is 41.7 Å². The van der Waals surface area contributed by atoms with Crippen molar-refractivity contribution in [1.82, 2.24) is 24.6 Å². The third kappa shape index (κ3) is 5.19. The number of ether oxygens (including phenoxy) is 1. The van der Waals surface area contributed by atoms with Gasteiger partial charge in [-0.25, -0.2) is 27.2 Å². The minimum atomic E-state index is -3.01. The number of carbonyl (C=O) groups is 1. The Bertz CT molecular complexity index is 1530. The highest BCUT2D eigenvalue weighted by Gasteiger charge is 2.36. The first-order valence-electron chi connectivity index (χ1n) is 12.9. The van der Waals surface area contributed by atoms with Crippen molar-refractivity contribution in [1.29, 1.82) is 0 Å². The maximum Gasteiger partial charge on any atom is 0.219 e. The highest BCUT2D eigenvalue weighted by Crippen LogP contribution is 2.34. The molecular formula is C26H28F2N6O4S. The van der Waals surface area contributed by atoms with Gasteiger partial charge in [-0.15, -0.1) is 0 Å². The molecule has 2 aromatic heterocycles. The van der Waals surface area contributed by atoms with E-state index in [2.05, 4.69) is 10.00 Å². The van der Waals surface area contributed by atoms with E-state index < -0.39 is 21.5 Å². The first-order chi connectivity index (χ1) is 18.6. The number of piperidine rings is 1. The van der Waals surface area contributed by atoms with Crippen molar-refractivity contribution in [2.45, 2.75) is 44.9 Å². The summed E-state index contributed by atoms with van der Waals surface area (Å²) in [5.41, 5.74) is 2.92. The molecule has 0 bridgehead atoms. The number of halogens is 2. The molecule has 0 radical (unpaired) electrons. The zero-order chi connectivity index (χ0) is 27.3. The van der Waals surface area contributed by atoms with Crippen LogP contribution >= 0.6 is 0 Å². The number of sulfone groups is 1. The number of hydrogen-bond acceptors (Lipinski definition) is 8. The monoisotopic (exact) mass is 558 g/mol. The molecule has 5 heterocycles. The van der Waals surface area contributed by atoms with E-state index in [-0.39, 0.29) is 35.3 Å². The number of carbonyl (C=O) groups excluding carboxylic acids is 1. The zero-order valence-corrected chi connectivity index (χ0v) is 22.2. The van der Waals surface area contributed by atoms with Gasteiger partial charge in [0, 0.05) is 63.6 Å². The molecule has 2 saturated heterocycles. The van der Waals surface area contributed by atoms with Gasteiger partial charge in [-0.05, 0) is 12.1 Å². The molecule has 3 aliphatic heterocycles. The minimum Gasteiger partial charge on any atom is -0.487 e. The molecule has 206 valence electrons. The predicted octanol–water partition coefficient (Wildman–Crippen LogP) is 2.54. The Morgan fingerprint density at radius 3 is 2.54 bits per heavy atom. The van der Waals surface area contributed by atoms with Crippen molar-refractivity contribution in [3.8, 4) is 17.0 Å². The minimum absolute atomic E-state index is 0.0215. The third-order valence-corrected chi connectivity index (χ3v) is 9.29. The average Bonchev–Trinajstić information content (AvgIpc) is 3.38. The van der Waals surface area contributed by atoms with E-state index in [1.165, 1.54) is 19.1 Å². The number of nitrogens with zero attached hydrogens (tertiary/aromatic N) is 6. The summed E-state index contributed by atoms with van der Waals surface area (Å²) >= 11 is 0. The highest BCUT2D eigenvalue weighted by atomic mass is 32.2. The Kier molecular flexibility index (Phi) is 6.48. The molecule has 0 aliphatic carbocycles. The van der Waals surface area contributed by atoms with E-state index in [0.717, 1.165) is 23.0 Å². The molecule has 1 aromatic carbocycles. The zero-order valence-electron chi connectivity index (χ0n) is 21.4. The normalized spacial score (nSPS) is 19.5. The SMILES string of the molecule is CC(=O)N1CCc2nc(N3CCC(Oc4ccc(F)cc4F)CC3)c(-c3cnn(C4CS(=O)(=O)C4)c3)nc2C1. The number of fused-ring (bicyclic) bond motifs is 1. The lowest BCUT2D eigenvalue weighted by Crippen LogP contribution is -2.40. The summed E-state index contributed by atoms with van der Waals surface area (Å²) in [6.45, 7) is 3.65. The standard InChI is InChI=1S/C26H28F2N6O4S/c1-16(35)33-9-6-22-23(13-33)30-25(17-11-29-34(12-17)19-14-39(36,37)15-19)26(31-22)32-7-4-20(5-8-32)38-24-3-2-18(27)10-21(24)28/h2-3,10-12,19-20H,4-9,13-15H2,1H3. The predicted molar refractivity (Wildman–Crippen MR) is 138 cm³/mol. The van der Waals surface area contributed by atoms with Crippen LogP contribution in [0.2, 0.25) is 0 Å². The summed E-state index contributed by atoms with van der Waals surface area (Å²) in [5.74, 6) is -0.550. The Morgan fingerprint density at radius 1 is 1.08 bits per heavy atom. The van der Waals surface area contributed by atoms with Crippen LogP contribution in [-0.4, -0.2) is 76.2 Å². The second-order valence-corrected chi connectivity index (χ2v) is 12.5. The van der Waals surface area contributed by atoms with Gasteiger partial charge in [0.2, 0.25) is 5.91 Å². The lowest BCUT2D eigenvalue weighted by atomic mass is 10.1. The third-order valence-electron chi connectivity index (χ3n) is 7.51. The van der Waals surface area contributed by atoms with Crippen molar-refractivity contribution in [3.05, 3.63) is 53.6 Å². The lowest BCUT2D eigenvalue weighted by Gasteiger charge is -2.35. The molecule has 3 aliphatic rings. The molecule has 1 amide bonds. The number of rotatable bonds is 5. The van der Waals surface area contributed by atoms with Crippen LogP contribution in [0, 0.1) is 11.6 Å². The molecule has 0 unspecified atom stereocenters. The Balaban J connectivity index is 1.26. The smallest absolute Gasteiger partial charge is 0.219 e. The van der Waals surface area contributed by atoms with E-state index in [9.17, 15) is 22.0 Å². The second-order valence-electron chi connectivity index (χ2n) is 10.3. The van der Waals surface area contributed by atoms with Gasteiger partial charge in [-0.2, -0.15) is 5.10 Å². The van der Waals surface area contributed by atoms with E-state index in [0.29, 0.717) is 57.0 Å². The van der Waals surface area contributed by atoms with Crippen LogP contribution < -0.4 is 9.64 Å². The van der Waals surface area contributed by atoms with Crippen molar-refractivity contribution < 1.29 is 26.7 Å². The maximum absolute atomic E-state index is 14.1. The molecule has 10 nitrogen and oxygen atoms in total. The van der Waals surface area contributed by atoms with Crippen molar-refractivity contribution in [3.63, 3.8) is 0 Å². The molecular weight excluding hydrogens is 530 g/mol. The molecule has 3 aromatic rings. The largest absolute Gasteiger partial charge is 0.487 e. The molecule has 0 atom stereocenters. The van der Waals surface area contributed by atoms with Gasteiger partial charge in [-0.1, -0.05) is 0 Å². The number of hydrogen-bond donors (Lipinski definition) is 0. The Labute approximate surface area is 224 Å². The van der Waals surface area contributed by atoms with Crippen LogP contribution in [0.4, 0.5) is 14.6 Å². The van der Waals surface area contributed by atoms with Gasteiger partial charge in [-0.3, -0.25) is 9.48 Å². The maximum atomic E-state index is 14.1. The van der Waals surface area contributed by atoms with E-state index in [1.54, 1.807) is 22.0 Å². The van der Waals surface area contributed by atoms with Gasteiger partial charge >= 0.3 is 0 Å². The summed E-state index contributed by atoms with van der Waals surface area (Å²) in [6, 6.07) is 3.09. The summed E-state index contributed by atoms with van der Waals surface area (Å²) in [6.07, 6.45) is 5.04. The molecule has 39 heavy (non-hydrogen) atoms. The second kappa shape index (κ2) is 9.85. The molecule has 13 heteroatoms. The summed E-state index contributed by atoms with van der Waals surface area (Å²) in [4.78, 5) is 25.8. The Hall–Kier alpha value is -3.61. The fourth-order valence-electron chi connectivity index (χ4n) is 5.29.